The summed E-state index contributed by atoms with van der Waals surface area (Å²) in [5.41, 5.74) is 0.141. The van der Waals surface area contributed by atoms with E-state index in [1.54, 1.807) is 6.20 Å². The summed E-state index contributed by atoms with van der Waals surface area (Å²) in [5.74, 6) is 0.731. The van der Waals surface area contributed by atoms with Crippen LogP contribution in [0, 0.1) is 44.8 Å². The van der Waals surface area contributed by atoms with Crippen LogP contribution in [0.4, 0.5) is 0 Å². The Kier molecular flexibility index (Phi) is 5.65. The third kappa shape index (κ3) is 3.11. The highest BCUT2D eigenvalue weighted by molar-refractivity contribution is 6.64. The average Bonchev–Trinajstić information content (AvgIpc) is 3.29. The lowest BCUT2D eigenvalue weighted by Crippen LogP contribution is -2.66. The minimum Gasteiger partial charge on any atom is -0.358 e. The molecular weight excluding hydrogens is 502 g/mol. The monoisotopic (exact) mass is 543 g/mol. The van der Waals surface area contributed by atoms with Crippen LogP contribution in [0.2, 0.25) is 0 Å². The van der Waals surface area contributed by atoms with Crippen molar-refractivity contribution in [2.45, 2.75) is 98.5 Å². The fourth-order valence-corrected chi connectivity index (χ4v) is 10.8. The number of fused-ring (bicyclic) bond motifs is 8. The Hall–Kier alpha value is -1.50. The second-order valence-electron chi connectivity index (χ2n) is 14.8. The molecule has 8 atom stereocenters. The summed E-state index contributed by atoms with van der Waals surface area (Å²) < 4.78 is 5.73. The highest BCUT2D eigenvalue weighted by Gasteiger charge is 2.71. The van der Waals surface area contributed by atoms with Gasteiger partial charge in [-0.05, 0) is 104 Å². The number of ketones is 1. The van der Waals surface area contributed by atoms with Gasteiger partial charge >= 0.3 is 0 Å². The first kappa shape index (κ1) is 26.7. The molecule has 1 aromatic heterocycles. The average molecular weight is 544 g/mol. The molecule has 0 aliphatic heterocycles. The number of allylic oxidation sites excluding steroid dienone is 2. The largest absolute Gasteiger partial charge is 0.358 e. The van der Waals surface area contributed by atoms with Gasteiger partial charge in [0.2, 0.25) is 5.24 Å². The molecule has 6 rings (SSSR count). The Morgan fingerprint density at radius 2 is 1.79 bits per heavy atom. The van der Waals surface area contributed by atoms with Crippen LogP contribution in [0.1, 0.15) is 97.8 Å². The van der Waals surface area contributed by atoms with Crippen molar-refractivity contribution in [1.29, 1.82) is 0 Å². The van der Waals surface area contributed by atoms with Gasteiger partial charge in [0.1, 0.15) is 0 Å². The molecule has 3 saturated carbocycles. The van der Waals surface area contributed by atoms with Crippen LogP contribution in [0.5, 0.6) is 0 Å². The van der Waals surface area contributed by atoms with Crippen molar-refractivity contribution in [3.63, 3.8) is 0 Å². The zero-order valence-electron chi connectivity index (χ0n) is 23.9. The first-order valence-corrected chi connectivity index (χ1v) is 14.7. The molecule has 6 nitrogen and oxygen atoms in total. The van der Waals surface area contributed by atoms with E-state index >= 15 is 0 Å². The van der Waals surface area contributed by atoms with E-state index in [4.69, 9.17) is 25.9 Å². The minimum absolute atomic E-state index is 0.0271. The van der Waals surface area contributed by atoms with E-state index in [0.29, 0.717) is 0 Å². The van der Waals surface area contributed by atoms with Crippen molar-refractivity contribution in [2.75, 3.05) is 7.11 Å². The van der Waals surface area contributed by atoms with Crippen molar-refractivity contribution in [3.8, 4) is 0 Å². The van der Waals surface area contributed by atoms with Crippen LogP contribution in [0.25, 0.3) is 0 Å². The van der Waals surface area contributed by atoms with E-state index in [9.17, 15) is 9.59 Å². The molecule has 0 saturated heterocycles. The van der Waals surface area contributed by atoms with Gasteiger partial charge in [-0.25, -0.2) is 9.78 Å². The molecule has 0 radical (unpaired) electrons. The quantitative estimate of drug-likeness (QED) is 0.233. The van der Waals surface area contributed by atoms with Crippen LogP contribution < -0.4 is 0 Å². The first-order chi connectivity index (χ1) is 17.7. The summed E-state index contributed by atoms with van der Waals surface area (Å²) in [6, 6.07) is 0. The van der Waals surface area contributed by atoms with Crippen molar-refractivity contribution in [3.05, 3.63) is 29.2 Å². The zero-order valence-corrected chi connectivity index (χ0v) is 24.7. The fourth-order valence-electron chi connectivity index (χ4n) is 10.5. The lowest BCUT2D eigenvalue weighted by Gasteiger charge is -2.69. The molecule has 0 spiro atoms. The second kappa shape index (κ2) is 8.04. The van der Waals surface area contributed by atoms with Crippen molar-refractivity contribution in [1.82, 2.24) is 5.16 Å². The second-order valence-corrected chi connectivity index (χ2v) is 15.2. The summed E-state index contributed by atoms with van der Waals surface area (Å²) in [4.78, 5) is 38.8. The fraction of sp³-hybridized carbons (Fsp3) is 0.774. The maximum absolute atomic E-state index is 14.4. The first-order valence-electron chi connectivity index (χ1n) is 14.3. The molecule has 5 aliphatic rings. The molecule has 38 heavy (non-hydrogen) atoms. The van der Waals surface area contributed by atoms with Gasteiger partial charge in [0.25, 0.3) is 0 Å². The van der Waals surface area contributed by atoms with Gasteiger partial charge in [0.05, 0.1) is 13.3 Å². The Labute approximate surface area is 231 Å². The van der Waals surface area contributed by atoms with Crippen LogP contribution in [-0.2, 0) is 31.4 Å². The number of carbonyl (C=O) groups is 2. The van der Waals surface area contributed by atoms with E-state index in [1.807, 2.05) is 13.0 Å². The van der Waals surface area contributed by atoms with E-state index in [-0.39, 0.29) is 50.4 Å². The number of hydrogen-bond acceptors (Lipinski definition) is 6. The molecule has 0 bridgehead atoms. The predicted octanol–water partition coefficient (Wildman–Crippen LogP) is 6.95. The number of aromatic nitrogens is 1. The molecule has 7 heteroatoms. The van der Waals surface area contributed by atoms with Crippen molar-refractivity contribution >= 4 is 22.6 Å². The van der Waals surface area contributed by atoms with Gasteiger partial charge in [-0.2, -0.15) is 0 Å². The highest BCUT2D eigenvalue weighted by atomic mass is 35.5. The number of halogens is 1. The minimum atomic E-state index is -0.809. The number of rotatable bonds is 3. The third-order valence-electron chi connectivity index (χ3n) is 12.6. The predicted molar refractivity (Wildman–Crippen MR) is 143 cm³/mol. The number of nitrogens with zero attached hydrogens (tertiary/aromatic N) is 1. The Balaban J connectivity index is 1.51. The van der Waals surface area contributed by atoms with Crippen molar-refractivity contribution < 1.29 is 23.9 Å². The number of carbonyl (C=O) groups excluding carboxylic acids is 2. The Bertz CT molecular complexity index is 1240. The van der Waals surface area contributed by atoms with Crippen LogP contribution >= 0.6 is 11.6 Å². The van der Waals surface area contributed by atoms with Crippen LogP contribution in [0.3, 0.4) is 0 Å². The summed E-state index contributed by atoms with van der Waals surface area (Å²) in [7, 11) is 1.54. The van der Waals surface area contributed by atoms with Gasteiger partial charge in [0, 0.05) is 22.8 Å². The molecule has 0 unspecified atom stereocenters. The molecule has 1 aromatic rings. The van der Waals surface area contributed by atoms with E-state index in [2.05, 4.69) is 39.8 Å². The molecule has 208 valence electrons. The number of hydrogen-bond donors (Lipinski definition) is 0. The topological polar surface area (TPSA) is 78.6 Å². The molecule has 0 aromatic carbocycles. The normalized spacial score (nSPS) is 47.1. The smallest absolute Gasteiger partial charge is 0.228 e. The Morgan fingerprint density at radius 3 is 2.47 bits per heavy atom. The van der Waals surface area contributed by atoms with Gasteiger partial charge in [-0.15, -0.1) is 0 Å². The lowest BCUT2D eigenvalue weighted by atomic mass is 9.34. The summed E-state index contributed by atoms with van der Waals surface area (Å²) in [6.45, 7) is 13.6. The maximum atomic E-state index is 14.4. The molecular formula is C31H42ClNO5. The molecule has 1 heterocycles. The van der Waals surface area contributed by atoms with Gasteiger partial charge in [-0.1, -0.05) is 45.3 Å². The van der Waals surface area contributed by atoms with Gasteiger partial charge in [-0.3, -0.25) is 9.59 Å². The van der Waals surface area contributed by atoms with Crippen molar-refractivity contribution in [2.24, 2.45) is 44.8 Å². The van der Waals surface area contributed by atoms with Crippen LogP contribution in [0.15, 0.2) is 22.4 Å². The third-order valence-corrected chi connectivity index (χ3v) is 13.0. The van der Waals surface area contributed by atoms with Crippen LogP contribution in [-0.4, -0.2) is 23.3 Å². The lowest BCUT2D eigenvalue weighted by molar-refractivity contribution is -0.375. The highest BCUT2D eigenvalue weighted by Crippen LogP contribution is 2.75. The van der Waals surface area contributed by atoms with Gasteiger partial charge < -0.3 is 4.52 Å². The van der Waals surface area contributed by atoms with E-state index < -0.39 is 11.0 Å². The zero-order chi connectivity index (χ0) is 27.5. The van der Waals surface area contributed by atoms with Gasteiger partial charge in [0.15, 0.2) is 17.1 Å². The van der Waals surface area contributed by atoms with E-state index in [0.717, 1.165) is 62.7 Å². The SMILES string of the molecule is COO[C@]1(C)c2oncc2C[C@]2(C)C3=CC(=O)[C@@H]4[C@@H]5CC(C)(C)CC[C@]5(C(=O)Cl)CC[C@@]4(C)[C@]3(C)CC[C@H]21. The molecule has 0 N–H and O–H groups in total. The molecule has 0 amide bonds. The maximum Gasteiger partial charge on any atom is 0.228 e. The molecule has 3 fully saturated rings. The Morgan fingerprint density at radius 1 is 1.08 bits per heavy atom. The summed E-state index contributed by atoms with van der Waals surface area (Å²) in [6.07, 6.45) is 10.6. The summed E-state index contributed by atoms with van der Waals surface area (Å²) >= 11 is 6.42. The molecule has 5 aliphatic carbocycles. The summed E-state index contributed by atoms with van der Waals surface area (Å²) in [5, 5.41) is 3.89. The van der Waals surface area contributed by atoms with E-state index in [1.165, 1.54) is 12.7 Å². The standard InChI is InChI=1S/C31H42ClNO5/c1-26(2)10-12-31(25(32)35)13-11-29(5)23(19(31)16-26)20(34)14-22-27(3)15-18-17-33-37-24(18)30(6,38-36-7)21(27)8-9-28(22,29)4/h14,17,19,21,23H,8-13,15-16H2,1-7H3/t19-,21+,23-,27-,28+,29+,30-,31-/m0/s1.